The monoisotopic (exact) mass is 215 g/mol. The lowest BCUT2D eigenvalue weighted by Crippen LogP contribution is -2.40. The minimum Gasteiger partial charge on any atom is -0.379 e. The number of hydrogen-bond donors (Lipinski definition) is 2. The summed E-state index contributed by atoms with van der Waals surface area (Å²) in [7, 11) is 0. The van der Waals surface area contributed by atoms with Crippen LogP contribution in [0.3, 0.4) is 0 Å². The first-order valence-corrected chi connectivity index (χ1v) is 5.08. The molecule has 0 bridgehead atoms. The molecule has 6 heteroatoms. The molecule has 1 aromatic heterocycles. The van der Waals surface area contributed by atoms with Crippen molar-refractivity contribution < 1.29 is 4.74 Å². The molecule has 2 heterocycles. The highest BCUT2D eigenvalue weighted by Gasteiger charge is 2.37. The fraction of sp³-hybridized carbons (Fsp3) is 0.750. The number of aromatic nitrogens is 3. The van der Waals surface area contributed by atoms with Crippen molar-refractivity contribution in [3.8, 4) is 0 Å². The Morgan fingerprint density at radius 3 is 2.86 bits per heavy atom. The van der Waals surface area contributed by atoms with E-state index in [9.17, 15) is 4.79 Å². The van der Waals surface area contributed by atoms with Crippen molar-refractivity contribution in [3.05, 3.63) is 15.3 Å². The molecule has 14 heavy (non-hydrogen) atoms. The lowest BCUT2D eigenvalue weighted by molar-refractivity contribution is 0.148. The summed E-state index contributed by atoms with van der Waals surface area (Å²) in [6.45, 7) is 3.31. The number of nitrogens with one attached hydrogen (secondary N) is 2. The zero-order valence-electron chi connectivity index (χ0n) is 8.00. The predicted octanol–water partition coefficient (Wildman–Crippen LogP) is 0.760. The number of rotatable bonds is 2. The van der Waals surface area contributed by atoms with Crippen LogP contribution in [0.25, 0.3) is 0 Å². The Labute approximate surface area is 86.1 Å². The summed E-state index contributed by atoms with van der Waals surface area (Å²) in [5.41, 5.74) is -0.424. The van der Waals surface area contributed by atoms with Crippen LogP contribution >= 0.6 is 12.2 Å². The van der Waals surface area contributed by atoms with E-state index in [1.165, 1.54) is 0 Å². The molecule has 1 unspecified atom stereocenters. The average Bonchev–Trinajstić information content (AvgIpc) is 2.75. The molecule has 1 aliphatic heterocycles. The van der Waals surface area contributed by atoms with Crippen LogP contribution in [0, 0.1) is 4.77 Å². The first kappa shape index (κ1) is 9.67. The summed E-state index contributed by atoms with van der Waals surface area (Å²) in [6.07, 6.45) is 1.70. The Bertz CT molecular complexity index is 397. The molecule has 5 nitrogen and oxygen atoms in total. The number of hydrogen-bond acceptors (Lipinski definition) is 3. The van der Waals surface area contributed by atoms with Crippen LogP contribution < -0.4 is 5.69 Å². The molecule has 0 amide bonds. The predicted molar refractivity (Wildman–Crippen MR) is 53.9 cm³/mol. The van der Waals surface area contributed by atoms with Crippen LogP contribution in [0.2, 0.25) is 0 Å². The standard InChI is InChI=1S/C8H13N3O2S/c1-2-8(3-4-13-5-8)11-6(12)9-10-7(11)14/h2-5H2,1H3,(H,9,12)(H,10,14). The molecule has 1 aromatic rings. The van der Waals surface area contributed by atoms with E-state index < -0.39 is 0 Å². The SMILES string of the molecule is CCC1(n2c(=O)[nH][nH]c2=S)CCOC1. The van der Waals surface area contributed by atoms with Gasteiger partial charge in [0.05, 0.1) is 12.1 Å². The molecule has 0 spiro atoms. The zero-order valence-corrected chi connectivity index (χ0v) is 8.82. The smallest absolute Gasteiger partial charge is 0.342 e. The second-order valence-electron chi connectivity index (χ2n) is 3.58. The maximum Gasteiger partial charge on any atom is 0.342 e. The van der Waals surface area contributed by atoms with Crippen LogP contribution in [-0.2, 0) is 10.3 Å². The van der Waals surface area contributed by atoms with Gasteiger partial charge in [-0.25, -0.2) is 9.89 Å². The van der Waals surface area contributed by atoms with Crippen LogP contribution in [-0.4, -0.2) is 28.0 Å². The summed E-state index contributed by atoms with van der Waals surface area (Å²) < 4.78 is 7.40. The molecule has 0 aliphatic carbocycles. The molecule has 78 valence electrons. The minimum atomic E-state index is -0.245. The van der Waals surface area contributed by atoms with Gasteiger partial charge in [0.15, 0.2) is 4.77 Å². The van der Waals surface area contributed by atoms with Crippen molar-refractivity contribution in [2.45, 2.75) is 25.3 Å². The van der Waals surface area contributed by atoms with Gasteiger partial charge in [-0.3, -0.25) is 9.67 Å². The van der Waals surface area contributed by atoms with Crippen LogP contribution in [0.1, 0.15) is 19.8 Å². The van der Waals surface area contributed by atoms with Crippen molar-refractivity contribution in [1.29, 1.82) is 0 Å². The minimum absolute atomic E-state index is 0.178. The normalized spacial score (nSPS) is 26.9. The van der Waals surface area contributed by atoms with Gasteiger partial charge in [0, 0.05) is 6.61 Å². The van der Waals surface area contributed by atoms with Crippen molar-refractivity contribution in [2.75, 3.05) is 13.2 Å². The fourth-order valence-corrected chi connectivity index (χ4v) is 2.28. The number of ether oxygens (including phenoxy) is 1. The van der Waals surface area contributed by atoms with Crippen molar-refractivity contribution >= 4 is 12.2 Å². The van der Waals surface area contributed by atoms with Gasteiger partial charge in [0.25, 0.3) is 0 Å². The number of aromatic amines is 2. The molecule has 0 aromatic carbocycles. The van der Waals surface area contributed by atoms with E-state index in [1.807, 2.05) is 6.92 Å². The molecular weight excluding hydrogens is 202 g/mol. The third-order valence-corrected chi connectivity index (χ3v) is 3.18. The molecule has 0 saturated carbocycles. The van der Waals surface area contributed by atoms with E-state index >= 15 is 0 Å². The van der Waals surface area contributed by atoms with Gasteiger partial charge in [0.2, 0.25) is 0 Å². The van der Waals surface area contributed by atoms with Crippen molar-refractivity contribution in [3.63, 3.8) is 0 Å². The van der Waals surface area contributed by atoms with Gasteiger partial charge in [-0.1, -0.05) is 6.92 Å². The lowest BCUT2D eigenvalue weighted by atomic mass is 9.95. The summed E-state index contributed by atoms with van der Waals surface area (Å²) in [6, 6.07) is 0. The zero-order chi connectivity index (χ0) is 10.2. The van der Waals surface area contributed by atoms with Crippen LogP contribution in [0.4, 0.5) is 0 Å². The number of nitrogens with zero attached hydrogens (tertiary/aromatic N) is 1. The maximum absolute atomic E-state index is 11.5. The van der Waals surface area contributed by atoms with Gasteiger partial charge in [-0.05, 0) is 25.1 Å². The fourth-order valence-electron chi connectivity index (χ4n) is 1.95. The highest BCUT2D eigenvalue weighted by atomic mass is 32.1. The Kier molecular flexibility index (Phi) is 2.32. The molecule has 1 aliphatic rings. The molecule has 1 fully saturated rings. The lowest BCUT2D eigenvalue weighted by Gasteiger charge is -2.25. The maximum atomic E-state index is 11.5. The number of H-pyrrole nitrogens is 2. The second kappa shape index (κ2) is 3.36. The van der Waals surface area contributed by atoms with Crippen LogP contribution in [0.5, 0.6) is 0 Å². The van der Waals surface area contributed by atoms with E-state index in [4.69, 9.17) is 17.0 Å². The Morgan fingerprint density at radius 1 is 1.64 bits per heavy atom. The summed E-state index contributed by atoms with van der Waals surface area (Å²) in [5.74, 6) is 0. The Balaban J connectivity index is 2.56. The quantitative estimate of drug-likeness (QED) is 0.716. The molecule has 1 atom stereocenters. The van der Waals surface area contributed by atoms with Gasteiger partial charge >= 0.3 is 5.69 Å². The first-order chi connectivity index (χ1) is 6.69. The van der Waals surface area contributed by atoms with Crippen LogP contribution in [0.15, 0.2) is 4.79 Å². The molecular formula is C8H13N3O2S. The van der Waals surface area contributed by atoms with Crippen molar-refractivity contribution in [1.82, 2.24) is 14.8 Å². The highest BCUT2D eigenvalue weighted by molar-refractivity contribution is 7.71. The van der Waals surface area contributed by atoms with Gasteiger partial charge in [-0.15, -0.1) is 0 Å². The second-order valence-corrected chi connectivity index (χ2v) is 3.96. The first-order valence-electron chi connectivity index (χ1n) is 4.67. The van der Waals surface area contributed by atoms with E-state index in [-0.39, 0.29) is 11.2 Å². The van der Waals surface area contributed by atoms with E-state index in [0.717, 1.165) is 12.8 Å². The average molecular weight is 215 g/mol. The molecule has 1 saturated heterocycles. The largest absolute Gasteiger partial charge is 0.379 e. The van der Waals surface area contributed by atoms with Crippen molar-refractivity contribution in [2.24, 2.45) is 0 Å². The van der Waals surface area contributed by atoms with Gasteiger partial charge in [0.1, 0.15) is 0 Å². The highest BCUT2D eigenvalue weighted by Crippen LogP contribution is 2.29. The van der Waals surface area contributed by atoms with Gasteiger partial charge < -0.3 is 4.74 Å². The molecule has 0 radical (unpaired) electrons. The topological polar surface area (TPSA) is 62.8 Å². The molecule has 2 N–H and O–H groups in total. The Hall–Kier alpha value is -0.880. The van der Waals surface area contributed by atoms with E-state index in [1.54, 1.807) is 4.57 Å². The summed E-state index contributed by atoms with van der Waals surface area (Å²) in [5, 5.41) is 5.15. The van der Waals surface area contributed by atoms with Gasteiger partial charge in [-0.2, -0.15) is 0 Å². The van der Waals surface area contributed by atoms with E-state index in [0.29, 0.717) is 18.0 Å². The third kappa shape index (κ3) is 1.26. The van der Waals surface area contributed by atoms with E-state index in [2.05, 4.69) is 10.2 Å². The summed E-state index contributed by atoms with van der Waals surface area (Å²) in [4.78, 5) is 11.5. The molecule has 2 rings (SSSR count). The summed E-state index contributed by atoms with van der Waals surface area (Å²) >= 11 is 5.07. The Morgan fingerprint density at radius 2 is 2.43 bits per heavy atom. The third-order valence-electron chi connectivity index (χ3n) is 2.90.